The number of nitrogens with zero attached hydrogens (tertiary/aromatic N) is 2. The lowest BCUT2D eigenvalue weighted by molar-refractivity contribution is -0.136. The number of aryl methyl sites for hydroxylation is 1. The van der Waals surface area contributed by atoms with E-state index in [-0.39, 0.29) is 55.1 Å². The number of benzene rings is 2. The van der Waals surface area contributed by atoms with Crippen LogP contribution >= 0.6 is 0 Å². The standard InChI is InChI=1S/C43H51F4N7O4/c1-5-26(3)35(24-50-41(58)49-21-17-28-15-19-48-20-16-28)53-40(57)42(18-14-34-31(23-42)30-11-9-12-32(38(30)52-34)43(45,46)47)25-51-39(56)37(27(4)6-2)54-36(55)22-29-10-7-8-13-33(29)44/h7-13,15-16,19-20,25-27,35,37,52H,5-6,14,17-18,21-24H2,1-4H3,(H,53,57)(H,54,55)(H2,49,50,58)/t26?,27?,35-,37+,42+/m1/s1. The fraction of sp³-hybridized carbons (Fsp3) is 0.442. The summed E-state index contributed by atoms with van der Waals surface area (Å²) in [5, 5.41) is 11.8. The SMILES string of the molecule is CCC(C)[C@H](NC(=O)Cc1ccccc1F)C(=O)N=C[C@]1(C(=O)N[C@H](CNC(=O)NCCc2ccncc2)C(C)CC)CCc2[nH]c3c(C(F)(F)F)cccc3c2C1. The van der Waals surface area contributed by atoms with E-state index in [1.165, 1.54) is 30.5 Å². The number of aromatic nitrogens is 2. The maximum Gasteiger partial charge on any atom is 0.418 e. The predicted octanol–water partition coefficient (Wildman–Crippen LogP) is 6.64. The lowest BCUT2D eigenvalue weighted by atomic mass is 9.72. The van der Waals surface area contributed by atoms with Gasteiger partial charge in [0.25, 0.3) is 5.91 Å². The van der Waals surface area contributed by atoms with Crippen LogP contribution in [0.4, 0.5) is 22.4 Å². The molecule has 15 heteroatoms. The molecule has 0 aliphatic heterocycles. The molecule has 2 aromatic heterocycles. The normalized spacial score (nSPS) is 17.5. The monoisotopic (exact) mass is 805 g/mol. The number of fused-ring (bicyclic) bond motifs is 3. The zero-order chi connectivity index (χ0) is 42.0. The Kier molecular flexibility index (Phi) is 14.4. The number of para-hydroxylation sites is 1. The Morgan fingerprint density at radius 2 is 1.67 bits per heavy atom. The highest BCUT2D eigenvalue weighted by Gasteiger charge is 2.44. The number of carbonyl (C=O) groups excluding carboxylic acids is 4. The van der Waals surface area contributed by atoms with Gasteiger partial charge < -0.3 is 26.3 Å². The Morgan fingerprint density at radius 3 is 2.36 bits per heavy atom. The Morgan fingerprint density at radius 1 is 0.948 bits per heavy atom. The molecule has 1 aliphatic carbocycles. The lowest BCUT2D eigenvalue weighted by Gasteiger charge is -2.35. The number of carbonyl (C=O) groups is 4. The highest BCUT2D eigenvalue weighted by molar-refractivity contribution is 6.04. The molecule has 0 saturated carbocycles. The van der Waals surface area contributed by atoms with E-state index in [2.05, 4.69) is 36.2 Å². The van der Waals surface area contributed by atoms with E-state index in [9.17, 15) is 36.7 Å². The smallest absolute Gasteiger partial charge is 0.358 e. The van der Waals surface area contributed by atoms with Crippen LogP contribution in [0.1, 0.15) is 74.9 Å². The van der Waals surface area contributed by atoms with Crippen molar-refractivity contribution in [3.8, 4) is 0 Å². The third kappa shape index (κ3) is 10.7. The summed E-state index contributed by atoms with van der Waals surface area (Å²) in [5.74, 6) is -2.88. The number of rotatable bonds is 16. The summed E-state index contributed by atoms with van der Waals surface area (Å²) in [6, 6.07) is 11.4. The first-order valence-corrected chi connectivity index (χ1v) is 19.7. The first-order valence-electron chi connectivity index (χ1n) is 19.7. The lowest BCUT2D eigenvalue weighted by Crippen LogP contribution is -2.55. The molecule has 0 fully saturated rings. The maximum absolute atomic E-state index is 14.7. The molecule has 4 aromatic rings. The van der Waals surface area contributed by atoms with Gasteiger partial charge in [-0.3, -0.25) is 19.4 Å². The van der Waals surface area contributed by atoms with Crippen LogP contribution in [0.3, 0.4) is 0 Å². The van der Waals surface area contributed by atoms with E-state index in [1.54, 1.807) is 31.5 Å². The highest BCUT2D eigenvalue weighted by atomic mass is 19.4. The van der Waals surface area contributed by atoms with Gasteiger partial charge in [0.05, 0.1) is 22.9 Å². The molecule has 5 atom stereocenters. The average molecular weight is 806 g/mol. The Balaban J connectivity index is 1.41. The van der Waals surface area contributed by atoms with E-state index in [0.29, 0.717) is 42.5 Å². The molecule has 2 heterocycles. The van der Waals surface area contributed by atoms with Crippen LogP contribution in [-0.4, -0.2) is 65.1 Å². The van der Waals surface area contributed by atoms with E-state index >= 15 is 0 Å². The summed E-state index contributed by atoms with van der Waals surface area (Å²) >= 11 is 0. The highest BCUT2D eigenvalue weighted by Crippen LogP contribution is 2.42. The van der Waals surface area contributed by atoms with Gasteiger partial charge in [-0.25, -0.2) is 14.2 Å². The van der Waals surface area contributed by atoms with Crippen LogP contribution in [0.25, 0.3) is 10.9 Å². The van der Waals surface area contributed by atoms with Crippen molar-refractivity contribution in [3.63, 3.8) is 0 Å². The van der Waals surface area contributed by atoms with E-state index in [1.807, 2.05) is 32.9 Å². The van der Waals surface area contributed by atoms with E-state index < -0.39 is 58.8 Å². The molecule has 1 aliphatic rings. The van der Waals surface area contributed by atoms with Gasteiger partial charge in [-0.05, 0) is 78.5 Å². The van der Waals surface area contributed by atoms with Crippen LogP contribution in [0, 0.1) is 23.1 Å². The quantitative estimate of drug-likeness (QED) is 0.0634. The van der Waals surface area contributed by atoms with Gasteiger partial charge in [-0.15, -0.1) is 0 Å². The maximum atomic E-state index is 14.7. The minimum atomic E-state index is -4.63. The number of H-pyrrole nitrogens is 1. The molecular formula is C43H51F4N7O4. The molecule has 5 amide bonds. The van der Waals surface area contributed by atoms with Crippen molar-refractivity contribution < 1.29 is 36.7 Å². The molecule has 0 saturated heterocycles. The Labute approximate surface area is 335 Å². The first-order chi connectivity index (χ1) is 27.7. The number of aromatic amines is 1. The third-order valence-electron chi connectivity index (χ3n) is 11.2. The minimum absolute atomic E-state index is 0.0734. The van der Waals surface area contributed by atoms with E-state index in [0.717, 1.165) is 11.6 Å². The average Bonchev–Trinajstić information content (AvgIpc) is 3.58. The van der Waals surface area contributed by atoms with Crippen LogP contribution in [-0.2, 0) is 46.2 Å². The van der Waals surface area contributed by atoms with Crippen LogP contribution in [0.5, 0.6) is 0 Å². The van der Waals surface area contributed by atoms with Gasteiger partial charge in [0.1, 0.15) is 11.9 Å². The number of alkyl halides is 3. The van der Waals surface area contributed by atoms with Crippen LogP contribution in [0.2, 0.25) is 0 Å². The zero-order valence-electron chi connectivity index (χ0n) is 33.1. The molecule has 2 aromatic carbocycles. The van der Waals surface area contributed by atoms with E-state index in [4.69, 9.17) is 0 Å². The number of aliphatic imine (C=N–C) groups is 1. The van der Waals surface area contributed by atoms with Crippen molar-refractivity contribution >= 4 is 40.9 Å². The fourth-order valence-corrected chi connectivity index (χ4v) is 7.21. The van der Waals surface area contributed by atoms with Gasteiger partial charge in [-0.2, -0.15) is 13.2 Å². The van der Waals surface area contributed by atoms with Gasteiger partial charge in [0, 0.05) is 48.8 Å². The summed E-state index contributed by atoms with van der Waals surface area (Å²) in [7, 11) is 0. The fourth-order valence-electron chi connectivity index (χ4n) is 7.21. The number of pyridine rings is 1. The van der Waals surface area contributed by atoms with Crippen LogP contribution in [0.15, 0.2) is 72.0 Å². The van der Waals surface area contributed by atoms with Crippen molar-refractivity contribution in [2.75, 3.05) is 13.1 Å². The van der Waals surface area contributed by atoms with Gasteiger partial charge >= 0.3 is 12.2 Å². The van der Waals surface area contributed by atoms with Crippen molar-refractivity contribution in [3.05, 3.63) is 101 Å². The second-order valence-corrected chi connectivity index (χ2v) is 15.1. The Bertz CT molecular complexity index is 2110. The number of halogens is 4. The summed E-state index contributed by atoms with van der Waals surface area (Å²) in [4.78, 5) is 65.7. The van der Waals surface area contributed by atoms with Crippen LogP contribution < -0.4 is 21.3 Å². The minimum Gasteiger partial charge on any atom is -0.358 e. The molecule has 5 N–H and O–H groups in total. The van der Waals surface area contributed by atoms with Crippen molar-refractivity contribution in [2.45, 2.75) is 90.9 Å². The number of urea groups is 1. The topological polar surface area (TPSA) is 157 Å². The second kappa shape index (κ2) is 19.2. The van der Waals surface area contributed by atoms with Gasteiger partial charge in [0.15, 0.2) is 0 Å². The summed E-state index contributed by atoms with van der Waals surface area (Å²) in [6.45, 7) is 7.92. The number of amides is 5. The van der Waals surface area contributed by atoms with Gasteiger partial charge in [0.2, 0.25) is 11.8 Å². The molecule has 310 valence electrons. The largest absolute Gasteiger partial charge is 0.418 e. The van der Waals surface area contributed by atoms with Crippen molar-refractivity contribution in [1.29, 1.82) is 0 Å². The van der Waals surface area contributed by atoms with Gasteiger partial charge in [-0.1, -0.05) is 70.9 Å². The molecule has 5 rings (SSSR count). The molecule has 0 radical (unpaired) electrons. The molecule has 2 unspecified atom stereocenters. The molecule has 0 spiro atoms. The van der Waals surface area contributed by atoms with Crippen molar-refractivity contribution in [2.24, 2.45) is 22.2 Å². The second-order valence-electron chi connectivity index (χ2n) is 15.1. The summed E-state index contributed by atoms with van der Waals surface area (Å²) in [5.41, 5.74) is -0.194. The number of nitrogens with one attached hydrogen (secondary N) is 5. The van der Waals surface area contributed by atoms with Crippen molar-refractivity contribution in [1.82, 2.24) is 31.2 Å². The molecule has 0 bridgehead atoms. The number of hydrogen-bond acceptors (Lipinski definition) is 5. The summed E-state index contributed by atoms with van der Waals surface area (Å²) < 4.78 is 56.6. The predicted molar refractivity (Wildman–Crippen MR) is 213 cm³/mol. The molecular weight excluding hydrogens is 755 g/mol. The third-order valence-corrected chi connectivity index (χ3v) is 11.2. The number of hydrogen-bond donors (Lipinski definition) is 5. The molecule has 11 nitrogen and oxygen atoms in total. The summed E-state index contributed by atoms with van der Waals surface area (Å²) in [6.07, 6.45) is 1.61. The Hall–Kier alpha value is -5.60. The molecule has 58 heavy (non-hydrogen) atoms. The first kappa shape index (κ1) is 43.5. The zero-order valence-corrected chi connectivity index (χ0v) is 33.1.